The number of carbonyl (C=O) groups is 1. The number of piperidine rings is 1. The van der Waals surface area contributed by atoms with Crippen molar-refractivity contribution in [2.24, 2.45) is 0 Å². The summed E-state index contributed by atoms with van der Waals surface area (Å²) in [5, 5.41) is 18.0. The first kappa shape index (κ1) is 16.6. The summed E-state index contributed by atoms with van der Waals surface area (Å²) in [4.78, 5) is 15.8. The van der Waals surface area contributed by atoms with Crippen molar-refractivity contribution in [3.8, 4) is 16.5 Å². The quantitative estimate of drug-likeness (QED) is 0.764. The SMILES string of the molecule is N#Cc1ccccc1C1CCN(C(=O)c2csc(-c3cn[nH]c3)c2)CC1. The maximum absolute atomic E-state index is 12.8. The maximum atomic E-state index is 12.8. The zero-order valence-corrected chi connectivity index (χ0v) is 15.0. The maximum Gasteiger partial charge on any atom is 0.254 e. The molecule has 0 spiro atoms. The number of H-pyrrole nitrogens is 1. The van der Waals surface area contributed by atoms with Crippen LogP contribution in [0, 0.1) is 11.3 Å². The Balaban J connectivity index is 1.43. The van der Waals surface area contributed by atoms with Gasteiger partial charge in [-0.2, -0.15) is 10.4 Å². The second-order valence-corrected chi connectivity index (χ2v) is 7.36. The van der Waals surface area contributed by atoms with E-state index < -0.39 is 0 Å². The van der Waals surface area contributed by atoms with Crippen LogP contribution in [0.4, 0.5) is 0 Å². The topological polar surface area (TPSA) is 72.8 Å². The molecule has 0 unspecified atom stereocenters. The minimum absolute atomic E-state index is 0.0861. The summed E-state index contributed by atoms with van der Waals surface area (Å²) >= 11 is 1.56. The number of rotatable bonds is 3. The molecular formula is C20H18N4OS. The zero-order chi connectivity index (χ0) is 17.9. The van der Waals surface area contributed by atoms with Gasteiger partial charge in [0, 0.05) is 35.1 Å². The molecule has 6 heteroatoms. The number of hydrogen-bond acceptors (Lipinski definition) is 4. The van der Waals surface area contributed by atoms with E-state index in [9.17, 15) is 10.1 Å². The molecule has 0 saturated carbocycles. The van der Waals surface area contributed by atoms with Gasteiger partial charge in [0.25, 0.3) is 5.91 Å². The van der Waals surface area contributed by atoms with Gasteiger partial charge in [-0.25, -0.2) is 0 Å². The Hall–Kier alpha value is -2.91. The van der Waals surface area contributed by atoms with E-state index in [1.165, 1.54) is 0 Å². The van der Waals surface area contributed by atoms with Gasteiger partial charge >= 0.3 is 0 Å². The first-order valence-electron chi connectivity index (χ1n) is 8.62. The van der Waals surface area contributed by atoms with Crippen LogP contribution in [-0.2, 0) is 0 Å². The predicted molar refractivity (Wildman–Crippen MR) is 101 cm³/mol. The summed E-state index contributed by atoms with van der Waals surface area (Å²) in [5.41, 5.74) is 3.60. The van der Waals surface area contributed by atoms with Crippen LogP contribution in [0.5, 0.6) is 0 Å². The van der Waals surface area contributed by atoms with Gasteiger partial charge in [-0.1, -0.05) is 18.2 Å². The molecule has 0 aliphatic carbocycles. The molecule has 1 N–H and O–H groups in total. The first-order valence-corrected chi connectivity index (χ1v) is 9.50. The van der Waals surface area contributed by atoms with E-state index in [1.54, 1.807) is 17.5 Å². The van der Waals surface area contributed by atoms with Crippen LogP contribution in [0.15, 0.2) is 48.1 Å². The lowest BCUT2D eigenvalue weighted by molar-refractivity contribution is 0.0713. The van der Waals surface area contributed by atoms with E-state index in [-0.39, 0.29) is 5.91 Å². The van der Waals surface area contributed by atoms with E-state index >= 15 is 0 Å². The number of nitrogens with one attached hydrogen (secondary N) is 1. The highest BCUT2D eigenvalue weighted by Crippen LogP contribution is 2.32. The molecular weight excluding hydrogens is 344 g/mol. The number of hydrogen-bond donors (Lipinski definition) is 1. The third kappa shape index (κ3) is 3.14. The molecule has 1 saturated heterocycles. The fraction of sp³-hybridized carbons (Fsp3) is 0.250. The fourth-order valence-corrected chi connectivity index (χ4v) is 4.38. The third-order valence-corrected chi connectivity index (χ3v) is 5.91. The molecule has 2 aromatic heterocycles. The lowest BCUT2D eigenvalue weighted by Crippen LogP contribution is -2.37. The van der Waals surface area contributed by atoms with Crippen molar-refractivity contribution in [3.63, 3.8) is 0 Å². The Morgan fingerprint density at radius 1 is 1.31 bits per heavy atom. The molecule has 0 bridgehead atoms. The van der Waals surface area contributed by atoms with Gasteiger partial charge in [-0.05, 0) is 36.5 Å². The number of nitriles is 1. The molecule has 0 radical (unpaired) electrons. The van der Waals surface area contributed by atoms with Crippen molar-refractivity contribution in [3.05, 3.63) is 64.8 Å². The summed E-state index contributed by atoms with van der Waals surface area (Å²) in [5.74, 6) is 0.432. The number of thiophene rings is 1. The highest BCUT2D eigenvalue weighted by Gasteiger charge is 2.26. The Morgan fingerprint density at radius 3 is 2.85 bits per heavy atom. The number of aromatic nitrogens is 2. The molecule has 1 amide bonds. The summed E-state index contributed by atoms with van der Waals surface area (Å²) in [6, 6.07) is 12.0. The average molecular weight is 362 g/mol. The molecule has 3 heterocycles. The van der Waals surface area contributed by atoms with Gasteiger partial charge in [-0.3, -0.25) is 9.89 Å². The summed E-state index contributed by atoms with van der Waals surface area (Å²) < 4.78 is 0. The van der Waals surface area contributed by atoms with Crippen LogP contribution in [0.25, 0.3) is 10.4 Å². The van der Waals surface area contributed by atoms with Crippen molar-refractivity contribution in [1.29, 1.82) is 5.26 Å². The Bertz CT molecular complexity index is 946. The van der Waals surface area contributed by atoms with E-state index in [1.807, 2.05) is 46.8 Å². The predicted octanol–water partition coefficient (Wildman–Crippen LogP) is 4.03. The molecule has 0 atom stereocenters. The molecule has 4 rings (SSSR count). The van der Waals surface area contributed by atoms with E-state index in [0.717, 1.165) is 53.1 Å². The molecule has 3 aromatic rings. The van der Waals surface area contributed by atoms with Gasteiger partial charge in [0.2, 0.25) is 0 Å². The highest BCUT2D eigenvalue weighted by molar-refractivity contribution is 7.13. The smallest absolute Gasteiger partial charge is 0.254 e. The van der Waals surface area contributed by atoms with E-state index in [2.05, 4.69) is 16.3 Å². The molecule has 1 aliphatic rings. The second-order valence-electron chi connectivity index (χ2n) is 6.45. The summed E-state index contributed by atoms with van der Waals surface area (Å²) in [6.45, 7) is 1.44. The summed E-state index contributed by atoms with van der Waals surface area (Å²) in [6.07, 6.45) is 5.38. The number of amides is 1. The summed E-state index contributed by atoms with van der Waals surface area (Å²) in [7, 11) is 0. The Kier molecular flexibility index (Phi) is 4.55. The van der Waals surface area contributed by atoms with Crippen LogP contribution in [0.3, 0.4) is 0 Å². The van der Waals surface area contributed by atoms with Crippen LogP contribution < -0.4 is 0 Å². The lowest BCUT2D eigenvalue weighted by atomic mass is 9.86. The number of benzene rings is 1. The molecule has 130 valence electrons. The monoisotopic (exact) mass is 362 g/mol. The Morgan fingerprint density at radius 2 is 2.12 bits per heavy atom. The molecule has 1 aliphatic heterocycles. The largest absolute Gasteiger partial charge is 0.339 e. The lowest BCUT2D eigenvalue weighted by Gasteiger charge is -2.32. The number of nitrogens with zero attached hydrogens (tertiary/aromatic N) is 3. The minimum Gasteiger partial charge on any atom is -0.339 e. The zero-order valence-electron chi connectivity index (χ0n) is 14.2. The normalized spacial score (nSPS) is 15.0. The van der Waals surface area contributed by atoms with Crippen LogP contribution in [0.2, 0.25) is 0 Å². The van der Waals surface area contributed by atoms with Crippen LogP contribution in [-0.4, -0.2) is 34.1 Å². The molecule has 5 nitrogen and oxygen atoms in total. The minimum atomic E-state index is 0.0861. The van der Waals surface area contributed by atoms with Crippen LogP contribution in [0.1, 0.15) is 40.2 Å². The van der Waals surface area contributed by atoms with Gasteiger partial charge < -0.3 is 4.90 Å². The molecule has 1 aromatic carbocycles. The fourth-order valence-electron chi connectivity index (χ4n) is 3.52. The van der Waals surface area contributed by atoms with Crippen LogP contribution >= 0.6 is 11.3 Å². The average Bonchev–Trinajstić information content (AvgIpc) is 3.39. The van der Waals surface area contributed by atoms with Gasteiger partial charge in [0.15, 0.2) is 0 Å². The number of carbonyl (C=O) groups excluding carboxylic acids is 1. The van der Waals surface area contributed by atoms with E-state index in [4.69, 9.17) is 0 Å². The third-order valence-electron chi connectivity index (χ3n) is 4.93. The van der Waals surface area contributed by atoms with E-state index in [0.29, 0.717) is 5.92 Å². The highest BCUT2D eigenvalue weighted by atomic mass is 32.1. The van der Waals surface area contributed by atoms with Crippen molar-refractivity contribution in [1.82, 2.24) is 15.1 Å². The van der Waals surface area contributed by atoms with Crippen molar-refractivity contribution >= 4 is 17.2 Å². The van der Waals surface area contributed by atoms with Gasteiger partial charge in [0.1, 0.15) is 0 Å². The van der Waals surface area contributed by atoms with Crippen molar-refractivity contribution < 1.29 is 4.79 Å². The second kappa shape index (κ2) is 7.14. The van der Waals surface area contributed by atoms with Crippen molar-refractivity contribution in [2.75, 3.05) is 13.1 Å². The molecule has 1 fully saturated rings. The van der Waals surface area contributed by atoms with Gasteiger partial charge in [0.05, 0.1) is 23.4 Å². The number of aromatic amines is 1. The van der Waals surface area contributed by atoms with Crippen molar-refractivity contribution in [2.45, 2.75) is 18.8 Å². The Labute approximate surface area is 155 Å². The molecule has 26 heavy (non-hydrogen) atoms. The number of likely N-dealkylation sites (tertiary alicyclic amines) is 1. The standard InChI is InChI=1S/C20H18N4OS/c21-10-15-3-1-2-4-18(15)14-5-7-24(8-6-14)20(25)16-9-19(26-13-16)17-11-22-23-12-17/h1-4,9,11-14H,5-8H2,(H,22,23). The first-order chi connectivity index (χ1) is 12.8. The van der Waals surface area contributed by atoms with Gasteiger partial charge in [-0.15, -0.1) is 11.3 Å².